The molecule has 0 bridgehead atoms. The average molecular weight is 253 g/mol. The Kier molecular flexibility index (Phi) is 4.16. The summed E-state index contributed by atoms with van der Waals surface area (Å²) in [7, 11) is 0. The van der Waals surface area contributed by atoms with E-state index in [1.165, 1.54) is 10.9 Å². The van der Waals surface area contributed by atoms with E-state index in [0.29, 0.717) is 6.54 Å². The second kappa shape index (κ2) is 5.10. The van der Waals surface area contributed by atoms with Gasteiger partial charge in [0.15, 0.2) is 0 Å². The van der Waals surface area contributed by atoms with Crippen LogP contribution in [0.15, 0.2) is 12.5 Å². The van der Waals surface area contributed by atoms with Crippen molar-refractivity contribution in [2.24, 2.45) is 11.1 Å². The highest BCUT2D eigenvalue weighted by molar-refractivity contribution is 5.70. The minimum atomic E-state index is -0.502. The van der Waals surface area contributed by atoms with Crippen molar-refractivity contribution in [3.05, 3.63) is 18.2 Å². The van der Waals surface area contributed by atoms with E-state index in [1.54, 1.807) is 6.20 Å². The van der Waals surface area contributed by atoms with Crippen molar-refractivity contribution in [2.75, 3.05) is 6.54 Å². The van der Waals surface area contributed by atoms with Crippen LogP contribution in [0.5, 0.6) is 0 Å². The highest BCUT2D eigenvalue weighted by Gasteiger charge is 2.21. The van der Waals surface area contributed by atoms with Crippen molar-refractivity contribution in [3.63, 3.8) is 0 Å². The number of rotatable bonds is 3. The van der Waals surface area contributed by atoms with Crippen LogP contribution in [0, 0.1) is 5.41 Å². The molecule has 5 nitrogen and oxygen atoms in total. The number of ether oxygens (including phenoxy) is 1. The number of carbonyl (C=O) groups excluding carboxylic acids is 1. The van der Waals surface area contributed by atoms with Crippen LogP contribution in [0.4, 0.5) is 4.79 Å². The molecule has 0 aromatic carbocycles. The molecule has 102 valence electrons. The summed E-state index contributed by atoms with van der Waals surface area (Å²) in [4.78, 5) is 16.0. The SMILES string of the molecule is CC(C)(CN)Cc1cn(C(=O)OC(C)(C)C)cn1. The van der Waals surface area contributed by atoms with Gasteiger partial charge in [0.2, 0.25) is 0 Å². The Hall–Kier alpha value is -1.36. The molecule has 0 aliphatic rings. The number of imidazole rings is 1. The van der Waals surface area contributed by atoms with Crippen LogP contribution in [0.25, 0.3) is 0 Å². The molecule has 1 aromatic rings. The van der Waals surface area contributed by atoms with Gasteiger partial charge in [0.05, 0.1) is 5.69 Å². The van der Waals surface area contributed by atoms with Gasteiger partial charge in [-0.3, -0.25) is 0 Å². The van der Waals surface area contributed by atoms with Gasteiger partial charge in [-0.1, -0.05) is 13.8 Å². The Morgan fingerprint density at radius 1 is 1.39 bits per heavy atom. The molecule has 1 rings (SSSR count). The molecule has 0 unspecified atom stereocenters. The molecular formula is C13H23N3O2. The number of nitrogens with zero attached hydrogens (tertiary/aromatic N) is 2. The van der Waals surface area contributed by atoms with Crippen molar-refractivity contribution in [2.45, 2.75) is 46.6 Å². The number of hydrogen-bond acceptors (Lipinski definition) is 4. The maximum atomic E-state index is 11.8. The fourth-order valence-electron chi connectivity index (χ4n) is 1.43. The van der Waals surface area contributed by atoms with E-state index in [9.17, 15) is 4.79 Å². The lowest BCUT2D eigenvalue weighted by Crippen LogP contribution is -2.27. The van der Waals surface area contributed by atoms with Gasteiger partial charge in [0.1, 0.15) is 11.9 Å². The Bertz CT molecular complexity index is 416. The Labute approximate surface area is 108 Å². The van der Waals surface area contributed by atoms with Gasteiger partial charge in [-0.2, -0.15) is 0 Å². The molecule has 18 heavy (non-hydrogen) atoms. The van der Waals surface area contributed by atoms with Gasteiger partial charge in [-0.15, -0.1) is 0 Å². The summed E-state index contributed by atoms with van der Waals surface area (Å²) in [6.45, 7) is 10.2. The third kappa shape index (κ3) is 4.49. The first kappa shape index (κ1) is 14.7. The third-order valence-corrected chi connectivity index (χ3v) is 2.45. The second-order valence-electron chi connectivity index (χ2n) is 6.30. The largest absolute Gasteiger partial charge is 0.443 e. The summed E-state index contributed by atoms with van der Waals surface area (Å²) in [5.41, 5.74) is 6.00. The lowest BCUT2D eigenvalue weighted by atomic mass is 9.88. The van der Waals surface area contributed by atoms with E-state index in [4.69, 9.17) is 10.5 Å². The van der Waals surface area contributed by atoms with Gasteiger partial charge >= 0.3 is 6.09 Å². The molecule has 0 aliphatic carbocycles. The van der Waals surface area contributed by atoms with Crippen LogP contribution in [0.1, 0.15) is 40.3 Å². The summed E-state index contributed by atoms with van der Waals surface area (Å²) in [6, 6.07) is 0. The number of aromatic nitrogens is 2. The fourth-order valence-corrected chi connectivity index (χ4v) is 1.43. The quantitative estimate of drug-likeness (QED) is 0.896. The van der Waals surface area contributed by atoms with Crippen LogP contribution in [0.3, 0.4) is 0 Å². The molecule has 0 saturated carbocycles. The number of carbonyl (C=O) groups is 1. The van der Waals surface area contributed by atoms with Gasteiger partial charge in [-0.25, -0.2) is 14.3 Å². The van der Waals surface area contributed by atoms with Crippen molar-refractivity contribution in [3.8, 4) is 0 Å². The highest BCUT2D eigenvalue weighted by atomic mass is 16.6. The number of hydrogen-bond donors (Lipinski definition) is 1. The molecule has 0 fully saturated rings. The molecule has 0 saturated heterocycles. The predicted octanol–water partition coefficient (Wildman–Crippen LogP) is 2.19. The van der Waals surface area contributed by atoms with E-state index in [1.807, 2.05) is 20.8 Å². The zero-order valence-corrected chi connectivity index (χ0v) is 11.9. The first-order valence-electron chi connectivity index (χ1n) is 6.09. The standard InChI is InChI=1S/C13H23N3O2/c1-12(2,3)18-11(17)16-7-10(15-9-16)6-13(4,5)8-14/h7,9H,6,8,14H2,1-5H3. The van der Waals surface area contributed by atoms with Crippen molar-refractivity contribution < 1.29 is 9.53 Å². The first-order valence-corrected chi connectivity index (χ1v) is 6.09. The summed E-state index contributed by atoms with van der Waals surface area (Å²) < 4.78 is 6.62. The third-order valence-electron chi connectivity index (χ3n) is 2.45. The monoisotopic (exact) mass is 253 g/mol. The van der Waals surface area contributed by atoms with Crippen molar-refractivity contribution in [1.29, 1.82) is 0 Å². The predicted molar refractivity (Wildman–Crippen MR) is 70.4 cm³/mol. The zero-order chi connectivity index (χ0) is 14.0. The molecule has 2 N–H and O–H groups in total. The molecular weight excluding hydrogens is 230 g/mol. The minimum Gasteiger partial charge on any atom is -0.443 e. The van der Waals surface area contributed by atoms with Crippen molar-refractivity contribution in [1.82, 2.24) is 9.55 Å². The summed E-state index contributed by atoms with van der Waals surface area (Å²) in [5.74, 6) is 0. The Morgan fingerprint density at radius 3 is 2.50 bits per heavy atom. The fraction of sp³-hybridized carbons (Fsp3) is 0.692. The molecule has 0 radical (unpaired) electrons. The first-order chi connectivity index (χ1) is 8.13. The van der Waals surface area contributed by atoms with E-state index >= 15 is 0 Å². The molecule has 5 heteroatoms. The molecule has 0 amide bonds. The normalized spacial score (nSPS) is 12.6. The van der Waals surface area contributed by atoms with Crippen molar-refractivity contribution >= 4 is 6.09 Å². The summed E-state index contributed by atoms with van der Waals surface area (Å²) >= 11 is 0. The lowest BCUT2D eigenvalue weighted by Gasteiger charge is -2.20. The van der Waals surface area contributed by atoms with E-state index in [0.717, 1.165) is 12.1 Å². The smallest absolute Gasteiger partial charge is 0.419 e. The Morgan fingerprint density at radius 2 is 2.00 bits per heavy atom. The summed E-state index contributed by atoms with van der Waals surface area (Å²) in [6.07, 6.45) is 3.51. The lowest BCUT2D eigenvalue weighted by molar-refractivity contribution is 0.0536. The van der Waals surface area contributed by atoms with Gasteiger partial charge in [0.25, 0.3) is 0 Å². The highest BCUT2D eigenvalue weighted by Crippen LogP contribution is 2.19. The maximum Gasteiger partial charge on any atom is 0.419 e. The van der Waals surface area contributed by atoms with Crippen LogP contribution in [-0.2, 0) is 11.2 Å². The topological polar surface area (TPSA) is 70.1 Å². The average Bonchev–Trinajstić information content (AvgIpc) is 2.63. The van der Waals surface area contributed by atoms with E-state index in [2.05, 4.69) is 18.8 Å². The van der Waals surface area contributed by atoms with Crippen LogP contribution in [0.2, 0.25) is 0 Å². The van der Waals surface area contributed by atoms with Gasteiger partial charge in [-0.05, 0) is 39.2 Å². The second-order valence-corrected chi connectivity index (χ2v) is 6.30. The molecule has 1 aromatic heterocycles. The van der Waals surface area contributed by atoms with E-state index < -0.39 is 11.7 Å². The number of nitrogens with two attached hydrogens (primary N) is 1. The zero-order valence-electron chi connectivity index (χ0n) is 11.9. The van der Waals surface area contributed by atoms with E-state index in [-0.39, 0.29) is 5.41 Å². The minimum absolute atomic E-state index is 0.0207. The maximum absolute atomic E-state index is 11.8. The van der Waals surface area contributed by atoms with Crippen LogP contribution < -0.4 is 5.73 Å². The molecule has 0 atom stereocenters. The molecule has 1 heterocycles. The van der Waals surface area contributed by atoms with Crippen LogP contribution in [-0.4, -0.2) is 27.8 Å². The van der Waals surface area contributed by atoms with Gasteiger partial charge in [0, 0.05) is 6.20 Å². The van der Waals surface area contributed by atoms with Gasteiger partial charge < -0.3 is 10.5 Å². The summed E-state index contributed by atoms with van der Waals surface area (Å²) in [5, 5.41) is 0. The molecule has 0 aliphatic heterocycles. The Balaban J connectivity index is 2.72. The molecule has 0 spiro atoms. The van der Waals surface area contributed by atoms with Crippen LogP contribution >= 0.6 is 0 Å².